The summed E-state index contributed by atoms with van der Waals surface area (Å²) in [5.74, 6) is 0. The van der Waals surface area contributed by atoms with Crippen molar-refractivity contribution in [1.29, 1.82) is 0 Å². The zero-order valence-corrected chi connectivity index (χ0v) is 7.51. The molecule has 0 N–H and O–H groups in total. The molecule has 0 nitrogen and oxygen atoms in total. The minimum Gasteiger partial charge on any atom is -0.246 e. The van der Waals surface area contributed by atoms with Gasteiger partial charge in [-0.05, 0) is 30.2 Å². The summed E-state index contributed by atoms with van der Waals surface area (Å²) in [6.45, 7) is 1.25. The van der Waals surface area contributed by atoms with Gasteiger partial charge < -0.3 is 0 Å². The number of rotatable bonds is 1. The quantitative estimate of drug-likeness (QED) is 0.636. The molecule has 0 unspecified atom stereocenters. The number of benzene rings is 1. The standard InChI is InChI=1S/C8H7Cl2F/c1-5-6(4-11)2-7(9)3-8(5)10/h2-3H,4H2,1H3. The summed E-state index contributed by atoms with van der Waals surface area (Å²) in [5, 5.41) is 0.999. The molecule has 0 heterocycles. The minimum absolute atomic E-state index is 0.480. The van der Waals surface area contributed by atoms with Gasteiger partial charge in [-0.1, -0.05) is 23.2 Å². The van der Waals surface area contributed by atoms with Crippen molar-refractivity contribution < 1.29 is 4.39 Å². The van der Waals surface area contributed by atoms with E-state index in [2.05, 4.69) is 0 Å². The second kappa shape index (κ2) is 3.42. The molecule has 1 aromatic rings. The van der Waals surface area contributed by atoms with Crippen molar-refractivity contribution in [2.75, 3.05) is 0 Å². The van der Waals surface area contributed by atoms with Crippen LogP contribution >= 0.6 is 23.2 Å². The van der Waals surface area contributed by atoms with Crippen LogP contribution in [0.3, 0.4) is 0 Å². The molecule has 1 rings (SSSR count). The Bertz CT molecular complexity index is 271. The maximum absolute atomic E-state index is 12.2. The molecule has 3 heteroatoms. The summed E-state index contributed by atoms with van der Waals surface area (Å²) in [7, 11) is 0. The molecule has 0 aromatic heterocycles. The monoisotopic (exact) mass is 192 g/mol. The Morgan fingerprint density at radius 2 is 2.00 bits per heavy atom. The molecular weight excluding hydrogens is 186 g/mol. The predicted molar refractivity (Wildman–Crippen MR) is 46.0 cm³/mol. The van der Waals surface area contributed by atoms with Gasteiger partial charge >= 0.3 is 0 Å². The van der Waals surface area contributed by atoms with E-state index in [0.717, 1.165) is 5.56 Å². The Balaban J connectivity index is 3.24. The van der Waals surface area contributed by atoms with Crippen molar-refractivity contribution >= 4 is 23.2 Å². The van der Waals surface area contributed by atoms with Crippen LogP contribution in [0.1, 0.15) is 11.1 Å². The van der Waals surface area contributed by atoms with Crippen LogP contribution < -0.4 is 0 Å². The van der Waals surface area contributed by atoms with Gasteiger partial charge in [0.05, 0.1) is 0 Å². The van der Waals surface area contributed by atoms with Gasteiger partial charge in [0, 0.05) is 10.0 Å². The van der Waals surface area contributed by atoms with E-state index < -0.39 is 6.67 Å². The molecular formula is C8H7Cl2F. The minimum atomic E-state index is -0.522. The highest BCUT2D eigenvalue weighted by Crippen LogP contribution is 2.24. The molecule has 0 radical (unpaired) electrons. The van der Waals surface area contributed by atoms with Crippen molar-refractivity contribution in [3.05, 3.63) is 33.3 Å². The van der Waals surface area contributed by atoms with Crippen LogP contribution in [0.15, 0.2) is 12.1 Å². The van der Waals surface area contributed by atoms with Gasteiger partial charge in [0.1, 0.15) is 6.67 Å². The van der Waals surface area contributed by atoms with Crippen LogP contribution in [-0.2, 0) is 6.67 Å². The van der Waals surface area contributed by atoms with E-state index in [9.17, 15) is 4.39 Å². The van der Waals surface area contributed by atoms with Crippen LogP contribution in [0.25, 0.3) is 0 Å². The van der Waals surface area contributed by atoms with Crippen LogP contribution in [0.5, 0.6) is 0 Å². The smallest absolute Gasteiger partial charge is 0.115 e. The van der Waals surface area contributed by atoms with E-state index in [1.54, 1.807) is 19.1 Å². The average molecular weight is 193 g/mol. The summed E-state index contributed by atoms with van der Waals surface area (Å²) in [6, 6.07) is 3.19. The normalized spacial score (nSPS) is 10.2. The zero-order chi connectivity index (χ0) is 8.43. The predicted octanol–water partition coefficient (Wildman–Crippen LogP) is 3.77. The highest BCUT2D eigenvalue weighted by atomic mass is 35.5. The fourth-order valence-electron chi connectivity index (χ4n) is 0.838. The topological polar surface area (TPSA) is 0 Å². The first-order valence-corrected chi connectivity index (χ1v) is 3.91. The van der Waals surface area contributed by atoms with Crippen LogP contribution in [0.2, 0.25) is 10.0 Å². The lowest BCUT2D eigenvalue weighted by molar-refractivity contribution is 0.483. The fourth-order valence-corrected chi connectivity index (χ4v) is 1.37. The molecule has 0 fully saturated rings. The van der Waals surface area contributed by atoms with Crippen molar-refractivity contribution in [2.45, 2.75) is 13.6 Å². The third kappa shape index (κ3) is 1.85. The third-order valence-corrected chi connectivity index (χ3v) is 2.17. The lowest BCUT2D eigenvalue weighted by atomic mass is 10.1. The number of halogens is 3. The van der Waals surface area contributed by atoms with E-state index in [-0.39, 0.29) is 0 Å². The first kappa shape index (κ1) is 8.82. The van der Waals surface area contributed by atoms with E-state index in [0.29, 0.717) is 15.6 Å². The number of hydrogen-bond donors (Lipinski definition) is 0. The lowest BCUT2D eigenvalue weighted by Crippen LogP contribution is -1.86. The maximum Gasteiger partial charge on any atom is 0.115 e. The third-order valence-electron chi connectivity index (χ3n) is 1.56. The van der Waals surface area contributed by atoms with Gasteiger partial charge in [0.2, 0.25) is 0 Å². The second-order valence-corrected chi connectivity index (χ2v) is 3.15. The summed E-state index contributed by atoms with van der Waals surface area (Å²) in [4.78, 5) is 0. The van der Waals surface area contributed by atoms with Gasteiger partial charge in [-0.25, -0.2) is 4.39 Å². The molecule has 0 saturated heterocycles. The Kier molecular flexibility index (Phi) is 2.74. The molecule has 0 amide bonds. The lowest BCUT2D eigenvalue weighted by Gasteiger charge is -2.03. The molecule has 1 aromatic carbocycles. The molecule has 11 heavy (non-hydrogen) atoms. The van der Waals surface area contributed by atoms with Crippen molar-refractivity contribution in [3.63, 3.8) is 0 Å². The first-order chi connectivity index (χ1) is 5.15. The van der Waals surface area contributed by atoms with Gasteiger partial charge in [-0.3, -0.25) is 0 Å². The maximum atomic E-state index is 12.2. The summed E-state index contributed by atoms with van der Waals surface area (Å²) in [5.41, 5.74) is 1.32. The van der Waals surface area contributed by atoms with Gasteiger partial charge in [-0.15, -0.1) is 0 Å². The Morgan fingerprint density at radius 1 is 1.36 bits per heavy atom. The molecule has 0 spiro atoms. The average Bonchev–Trinajstić information content (AvgIpc) is 1.96. The van der Waals surface area contributed by atoms with E-state index in [1.807, 2.05) is 0 Å². The van der Waals surface area contributed by atoms with E-state index in [4.69, 9.17) is 23.2 Å². The number of hydrogen-bond acceptors (Lipinski definition) is 0. The molecule has 0 atom stereocenters. The SMILES string of the molecule is Cc1c(Cl)cc(Cl)cc1CF. The molecule has 0 aliphatic heterocycles. The molecule has 0 aliphatic carbocycles. The number of alkyl halides is 1. The molecule has 60 valence electrons. The van der Waals surface area contributed by atoms with Gasteiger partial charge in [-0.2, -0.15) is 0 Å². The van der Waals surface area contributed by atoms with Crippen molar-refractivity contribution in [2.24, 2.45) is 0 Å². The molecule has 0 saturated carbocycles. The highest BCUT2D eigenvalue weighted by Gasteiger charge is 2.03. The van der Waals surface area contributed by atoms with Crippen molar-refractivity contribution in [3.8, 4) is 0 Å². The van der Waals surface area contributed by atoms with Gasteiger partial charge in [0.15, 0.2) is 0 Å². The largest absolute Gasteiger partial charge is 0.246 e. The molecule has 0 bridgehead atoms. The van der Waals surface area contributed by atoms with Gasteiger partial charge in [0.25, 0.3) is 0 Å². The first-order valence-electron chi connectivity index (χ1n) is 3.15. The van der Waals surface area contributed by atoms with Crippen LogP contribution in [0.4, 0.5) is 4.39 Å². The Labute approximate surface area is 74.9 Å². The van der Waals surface area contributed by atoms with Crippen LogP contribution in [0, 0.1) is 6.92 Å². The highest BCUT2D eigenvalue weighted by molar-refractivity contribution is 6.35. The summed E-state index contributed by atoms with van der Waals surface area (Å²) >= 11 is 11.4. The molecule has 0 aliphatic rings. The Hall–Kier alpha value is -0.270. The van der Waals surface area contributed by atoms with Crippen LogP contribution in [-0.4, -0.2) is 0 Å². The summed E-state index contributed by atoms with van der Waals surface area (Å²) in [6.07, 6.45) is 0. The van der Waals surface area contributed by atoms with Crippen molar-refractivity contribution in [1.82, 2.24) is 0 Å². The zero-order valence-electron chi connectivity index (χ0n) is 6.00. The van der Waals surface area contributed by atoms with E-state index >= 15 is 0 Å². The Morgan fingerprint density at radius 3 is 2.55 bits per heavy atom. The van der Waals surface area contributed by atoms with E-state index in [1.165, 1.54) is 0 Å². The second-order valence-electron chi connectivity index (χ2n) is 2.31. The summed E-state index contributed by atoms with van der Waals surface area (Å²) < 4.78 is 12.2. The fraction of sp³-hybridized carbons (Fsp3) is 0.250.